The van der Waals surface area contributed by atoms with Gasteiger partial charge in [-0.3, -0.25) is 0 Å². The molecule has 0 amide bonds. The number of hydrogen-bond acceptors (Lipinski definition) is 6. The van der Waals surface area contributed by atoms with Gasteiger partial charge in [0.2, 0.25) is 0 Å². The van der Waals surface area contributed by atoms with E-state index in [1.807, 2.05) is 16.3 Å². The van der Waals surface area contributed by atoms with E-state index in [1.54, 1.807) is 6.33 Å². The molecule has 6 nitrogen and oxygen atoms in total. The predicted octanol–water partition coefficient (Wildman–Crippen LogP) is 0.660. The van der Waals surface area contributed by atoms with Crippen LogP contribution in [-0.2, 0) is 6.54 Å². The maximum absolute atomic E-state index is 9.17. The van der Waals surface area contributed by atoms with E-state index in [0.717, 1.165) is 30.9 Å². The van der Waals surface area contributed by atoms with E-state index in [0.29, 0.717) is 22.2 Å². The van der Waals surface area contributed by atoms with Gasteiger partial charge in [0.15, 0.2) is 11.8 Å². The first kappa shape index (κ1) is 12.6. The minimum atomic E-state index is 0.259. The Morgan fingerprint density at radius 1 is 1.53 bits per heavy atom. The number of imidazole rings is 1. The van der Waals surface area contributed by atoms with Gasteiger partial charge in [-0.1, -0.05) is 6.58 Å². The quantitative estimate of drug-likeness (QED) is 0.756. The molecule has 2 aliphatic heterocycles. The summed E-state index contributed by atoms with van der Waals surface area (Å²) in [6.45, 7) is 4.99. The monoisotopic (exact) mass is 279 g/mol. The van der Waals surface area contributed by atoms with Crippen molar-refractivity contribution in [3.63, 3.8) is 0 Å². The second kappa shape index (κ2) is 4.90. The molecule has 19 heavy (non-hydrogen) atoms. The van der Waals surface area contributed by atoms with Crippen LogP contribution in [0.15, 0.2) is 17.9 Å². The van der Waals surface area contributed by atoms with Crippen LogP contribution in [0.3, 0.4) is 0 Å². The van der Waals surface area contributed by atoms with E-state index in [4.69, 9.17) is 5.73 Å². The van der Waals surface area contributed by atoms with E-state index < -0.39 is 0 Å². The van der Waals surface area contributed by atoms with E-state index in [1.165, 1.54) is 0 Å². The van der Waals surface area contributed by atoms with Crippen molar-refractivity contribution in [2.45, 2.75) is 29.9 Å². The lowest BCUT2D eigenvalue weighted by atomic mass is 10.2. The number of nitrogens with two attached hydrogens (primary N) is 1. The summed E-state index contributed by atoms with van der Waals surface area (Å²) in [5.41, 5.74) is 7.17. The molecule has 1 fully saturated rings. The topological polar surface area (TPSA) is 88.5 Å². The van der Waals surface area contributed by atoms with Crippen molar-refractivity contribution in [2.24, 2.45) is 10.7 Å². The van der Waals surface area contributed by atoms with Gasteiger partial charge in [-0.25, -0.2) is 4.98 Å². The fourth-order valence-corrected chi connectivity index (χ4v) is 3.88. The van der Waals surface area contributed by atoms with Crippen LogP contribution in [-0.4, -0.2) is 37.7 Å². The van der Waals surface area contributed by atoms with Crippen LogP contribution in [0.4, 0.5) is 5.82 Å². The lowest BCUT2D eigenvalue weighted by Crippen LogP contribution is -2.32. The Hall–Kier alpha value is -1.47. The molecule has 0 unspecified atom stereocenters. The fraction of sp³-hybridized carbons (Fsp3) is 0.500. The first-order chi connectivity index (χ1) is 9.17. The number of nitrogens with one attached hydrogen (secondary N) is 1. The van der Waals surface area contributed by atoms with Crippen molar-refractivity contribution in [3.8, 4) is 0 Å². The molecule has 0 bridgehead atoms. The molecule has 7 heteroatoms. The molecule has 3 rings (SSSR count). The summed E-state index contributed by atoms with van der Waals surface area (Å²) in [4.78, 5) is 8.63. The number of guanidine groups is 1. The van der Waals surface area contributed by atoms with Crippen LogP contribution < -0.4 is 11.1 Å². The third-order valence-electron chi connectivity index (χ3n) is 3.40. The molecule has 1 saturated heterocycles. The number of hydrogen-bond donors (Lipinski definition) is 3. The Balaban J connectivity index is 1.79. The Kier molecular flexibility index (Phi) is 3.24. The van der Waals surface area contributed by atoms with Crippen LogP contribution in [0.25, 0.3) is 5.70 Å². The van der Waals surface area contributed by atoms with Gasteiger partial charge in [-0.2, -0.15) is 16.8 Å². The summed E-state index contributed by atoms with van der Waals surface area (Å²) >= 11 is 1.84. The molecule has 2 atom stereocenters. The van der Waals surface area contributed by atoms with Gasteiger partial charge in [-0.15, -0.1) is 0 Å². The minimum absolute atomic E-state index is 0.259. The molecule has 1 aromatic heterocycles. The largest absolute Gasteiger partial charge is 0.395 e. The molecule has 3 heterocycles. The number of fused-ring (bicyclic) bond motifs is 1. The lowest BCUT2D eigenvalue weighted by Gasteiger charge is -2.16. The van der Waals surface area contributed by atoms with Gasteiger partial charge in [0, 0.05) is 17.0 Å². The van der Waals surface area contributed by atoms with Crippen molar-refractivity contribution in [1.29, 1.82) is 0 Å². The third kappa shape index (κ3) is 2.35. The maximum atomic E-state index is 9.17. The van der Waals surface area contributed by atoms with E-state index >= 15 is 0 Å². The summed E-state index contributed by atoms with van der Waals surface area (Å²) in [6.07, 6.45) is 3.97. The highest BCUT2D eigenvalue weighted by atomic mass is 32.2. The van der Waals surface area contributed by atoms with Crippen molar-refractivity contribution in [3.05, 3.63) is 18.6 Å². The number of aromatic nitrogens is 2. The average Bonchev–Trinajstić information content (AvgIpc) is 2.97. The molecular weight excluding hydrogens is 262 g/mol. The highest BCUT2D eigenvalue weighted by molar-refractivity contribution is 8.00. The highest BCUT2D eigenvalue weighted by Gasteiger charge is 2.27. The van der Waals surface area contributed by atoms with Gasteiger partial charge < -0.3 is 20.7 Å². The zero-order chi connectivity index (χ0) is 13.4. The summed E-state index contributed by atoms with van der Waals surface area (Å²) in [7, 11) is 0. The van der Waals surface area contributed by atoms with E-state index in [-0.39, 0.29) is 6.61 Å². The predicted molar refractivity (Wildman–Crippen MR) is 77.2 cm³/mol. The Morgan fingerprint density at radius 3 is 3.05 bits per heavy atom. The molecule has 4 N–H and O–H groups in total. The first-order valence-electron chi connectivity index (χ1n) is 6.29. The van der Waals surface area contributed by atoms with Gasteiger partial charge >= 0.3 is 0 Å². The Labute approximate surface area is 115 Å². The van der Waals surface area contributed by atoms with Gasteiger partial charge in [-0.05, 0) is 12.8 Å². The van der Waals surface area contributed by atoms with Crippen molar-refractivity contribution in [2.75, 3.05) is 6.61 Å². The van der Waals surface area contributed by atoms with Crippen molar-refractivity contribution < 1.29 is 5.11 Å². The first-order valence-corrected chi connectivity index (χ1v) is 7.23. The molecule has 0 saturated carbocycles. The molecule has 102 valence electrons. The van der Waals surface area contributed by atoms with Crippen LogP contribution >= 0.6 is 11.8 Å². The SMILES string of the molecule is C=C1NC(N)=Nc2c1ncn2C[C@H]1CC[C@@H](CO)S1. The van der Waals surface area contributed by atoms with Gasteiger partial charge in [0.25, 0.3) is 0 Å². The smallest absolute Gasteiger partial charge is 0.199 e. The Bertz CT molecular complexity index is 538. The molecule has 0 aliphatic carbocycles. The second-order valence-corrected chi connectivity index (χ2v) is 6.42. The second-order valence-electron chi connectivity index (χ2n) is 4.81. The Morgan fingerprint density at radius 2 is 2.32 bits per heavy atom. The number of nitrogens with zero attached hydrogens (tertiary/aromatic N) is 3. The molecule has 0 spiro atoms. The van der Waals surface area contributed by atoms with Crippen LogP contribution in [0.5, 0.6) is 0 Å². The number of aliphatic imine (C=N–C) groups is 1. The minimum Gasteiger partial charge on any atom is -0.395 e. The van der Waals surface area contributed by atoms with E-state index in [2.05, 4.69) is 21.9 Å². The zero-order valence-corrected chi connectivity index (χ0v) is 11.4. The van der Waals surface area contributed by atoms with Crippen LogP contribution in [0.1, 0.15) is 18.5 Å². The lowest BCUT2D eigenvalue weighted by molar-refractivity contribution is 0.292. The normalized spacial score (nSPS) is 25.9. The summed E-state index contributed by atoms with van der Waals surface area (Å²) in [5, 5.41) is 12.9. The average molecular weight is 279 g/mol. The van der Waals surface area contributed by atoms with Gasteiger partial charge in [0.1, 0.15) is 5.69 Å². The molecule has 0 aromatic carbocycles. The van der Waals surface area contributed by atoms with Crippen molar-refractivity contribution in [1.82, 2.24) is 14.9 Å². The number of aliphatic hydroxyl groups excluding tert-OH is 1. The third-order valence-corrected chi connectivity index (χ3v) is 4.94. The molecule has 1 aromatic rings. The molecular formula is C12H17N5OS. The number of aliphatic hydroxyl groups is 1. The number of rotatable bonds is 3. The van der Waals surface area contributed by atoms with Crippen LogP contribution in [0.2, 0.25) is 0 Å². The van der Waals surface area contributed by atoms with Gasteiger partial charge in [0.05, 0.1) is 18.6 Å². The standard InChI is InChI=1S/C12H17N5OS/c1-7-10-11(16-12(13)15-7)17(6-14-10)4-8-2-3-9(5-18)19-8/h6,8-9,18H,1-5H2,(H3,13,15,16)/t8-,9+/m1/s1. The zero-order valence-electron chi connectivity index (χ0n) is 10.5. The molecule has 0 radical (unpaired) electrons. The van der Waals surface area contributed by atoms with Crippen LogP contribution in [0, 0.1) is 0 Å². The highest BCUT2D eigenvalue weighted by Crippen LogP contribution is 2.36. The van der Waals surface area contributed by atoms with E-state index in [9.17, 15) is 5.11 Å². The molecule has 2 aliphatic rings. The number of thioether (sulfide) groups is 1. The maximum Gasteiger partial charge on any atom is 0.199 e. The van der Waals surface area contributed by atoms with Crippen molar-refractivity contribution >= 4 is 29.2 Å². The fourth-order valence-electron chi connectivity index (χ4n) is 2.46. The summed E-state index contributed by atoms with van der Waals surface area (Å²) < 4.78 is 2.02. The summed E-state index contributed by atoms with van der Waals surface area (Å²) in [6, 6.07) is 0. The summed E-state index contributed by atoms with van der Waals surface area (Å²) in [5.74, 6) is 1.13.